The smallest absolute Gasteiger partial charge is 0.372 e. The van der Waals surface area contributed by atoms with Crippen molar-refractivity contribution in [2.24, 2.45) is 0 Å². The van der Waals surface area contributed by atoms with Crippen molar-refractivity contribution < 1.29 is 14.4 Å². The van der Waals surface area contributed by atoms with E-state index in [2.05, 4.69) is 29.1 Å². The van der Waals surface area contributed by atoms with Crippen molar-refractivity contribution in [2.45, 2.75) is 13.8 Å². The molecule has 0 N–H and O–H groups in total. The normalized spacial score (nSPS) is 10.6. The number of anilines is 1. The molecule has 0 atom stereocenters. The van der Waals surface area contributed by atoms with Gasteiger partial charge in [-0.2, -0.15) is 0 Å². The maximum atomic E-state index is 12.3. The first-order valence-corrected chi connectivity index (χ1v) is 8.06. The van der Waals surface area contributed by atoms with Crippen molar-refractivity contribution in [3.63, 3.8) is 0 Å². The first-order valence-electron chi connectivity index (χ1n) is 8.06. The van der Waals surface area contributed by atoms with Gasteiger partial charge in [-0.25, -0.2) is 4.79 Å². The fraction of sp³-hybridized carbons (Fsp3) is 0.222. The SMILES string of the molecule is CCN(CC)c1ccc(C(=O)C(=O)On2nnc3ccccc32)cc1. The summed E-state index contributed by atoms with van der Waals surface area (Å²) in [6.07, 6.45) is 0. The van der Waals surface area contributed by atoms with Crippen molar-refractivity contribution in [2.75, 3.05) is 18.0 Å². The predicted octanol–water partition coefficient (Wildman–Crippen LogP) is 2.12. The molecule has 0 saturated carbocycles. The van der Waals surface area contributed by atoms with Gasteiger partial charge in [0.15, 0.2) is 0 Å². The van der Waals surface area contributed by atoms with Crippen LogP contribution in [0.2, 0.25) is 0 Å². The van der Waals surface area contributed by atoms with Gasteiger partial charge in [-0.05, 0) is 55.5 Å². The number of benzene rings is 2. The Morgan fingerprint density at radius 3 is 2.40 bits per heavy atom. The number of para-hydroxylation sites is 1. The van der Waals surface area contributed by atoms with Gasteiger partial charge < -0.3 is 9.74 Å². The number of fused-ring (bicyclic) bond motifs is 1. The topological polar surface area (TPSA) is 77.3 Å². The summed E-state index contributed by atoms with van der Waals surface area (Å²) < 4.78 is 0. The average molecular weight is 338 g/mol. The molecule has 2 aromatic carbocycles. The molecule has 1 heterocycles. The summed E-state index contributed by atoms with van der Waals surface area (Å²) in [5.74, 6) is -1.74. The molecule has 128 valence electrons. The fourth-order valence-electron chi connectivity index (χ4n) is 2.57. The summed E-state index contributed by atoms with van der Waals surface area (Å²) in [7, 11) is 0. The van der Waals surface area contributed by atoms with Crippen LogP contribution in [-0.4, -0.2) is 40.0 Å². The van der Waals surface area contributed by atoms with E-state index in [4.69, 9.17) is 4.84 Å². The highest BCUT2D eigenvalue weighted by Gasteiger charge is 2.21. The van der Waals surface area contributed by atoms with Gasteiger partial charge in [0.25, 0.3) is 5.78 Å². The molecule has 7 heteroatoms. The Labute approximate surface area is 144 Å². The number of Topliss-reactive ketones (excluding diaryl/α,β-unsaturated/α-hetero) is 1. The number of rotatable bonds is 6. The molecule has 0 saturated heterocycles. The number of ketones is 1. The van der Waals surface area contributed by atoms with Crippen LogP contribution in [0.1, 0.15) is 24.2 Å². The van der Waals surface area contributed by atoms with E-state index >= 15 is 0 Å². The summed E-state index contributed by atoms with van der Waals surface area (Å²) >= 11 is 0. The molecular formula is C18H18N4O3. The molecular weight excluding hydrogens is 320 g/mol. The second-order valence-corrected chi connectivity index (χ2v) is 5.38. The molecule has 3 aromatic rings. The Morgan fingerprint density at radius 2 is 1.72 bits per heavy atom. The lowest BCUT2D eigenvalue weighted by Crippen LogP contribution is -2.28. The van der Waals surface area contributed by atoms with Gasteiger partial charge in [0.1, 0.15) is 11.0 Å². The highest BCUT2D eigenvalue weighted by atomic mass is 16.7. The third kappa shape index (κ3) is 3.35. The largest absolute Gasteiger partial charge is 0.405 e. The van der Waals surface area contributed by atoms with Crippen LogP contribution in [0.15, 0.2) is 48.5 Å². The summed E-state index contributed by atoms with van der Waals surface area (Å²) in [6, 6.07) is 13.9. The number of hydrogen-bond acceptors (Lipinski definition) is 6. The Balaban J connectivity index is 1.75. The van der Waals surface area contributed by atoms with Gasteiger partial charge in [0.05, 0.1) is 0 Å². The predicted molar refractivity (Wildman–Crippen MR) is 93.4 cm³/mol. The van der Waals surface area contributed by atoms with Crippen LogP contribution in [0.4, 0.5) is 5.69 Å². The second-order valence-electron chi connectivity index (χ2n) is 5.38. The molecule has 0 aliphatic carbocycles. The van der Waals surface area contributed by atoms with Crippen LogP contribution in [-0.2, 0) is 4.79 Å². The van der Waals surface area contributed by atoms with Crippen LogP contribution < -0.4 is 9.74 Å². The van der Waals surface area contributed by atoms with Crippen molar-refractivity contribution in [3.8, 4) is 0 Å². The molecule has 25 heavy (non-hydrogen) atoms. The molecule has 0 amide bonds. The van der Waals surface area contributed by atoms with E-state index in [0.29, 0.717) is 11.0 Å². The molecule has 3 rings (SSSR count). The van der Waals surface area contributed by atoms with Crippen molar-refractivity contribution in [3.05, 3.63) is 54.1 Å². The minimum absolute atomic E-state index is 0.269. The number of carbonyl (C=O) groups excluding carboxylic acids is 2. The molecule has 0 spiro atoms. The quantitative estimate of drug-likeness (QED) is 0.389. The molecule has 1 aromatic heterocycles. The lowest BCUT2D eigenvalue weighted by molar-refractivity contribution is -0.139. The molecule has 0 aliphatic rings. The van der Waals surface area contributed by atoms with Crippen LogP contribution in [0.25, 0.3) is 11.0 Å². The van der Waals surface area contributed by atoms with Crippen molar-refractivity contribution in [1.29, 1.82) is 0 Å². The lowest BCUT2D eigenvalue weighted by Gasteiger charge is -2.20. The van der Waals surface area contributed by atoms with Gasteiger partial charge in [0, 0.05) is 24.3 Å². The standard InChI is InChI=1S/C18H18N4O3/c1-3-21(4-2)14-11-9-13(10-12-14)17(23)18(24)25-22-16-8-6-5-7-15(16)19-20-22/h5-12H,3-4H2,1-2H3. The van der Waals surface area contributed by atoms with Crippen LogP contribution in [0.5, 0.6) is 0 Å². The van der Waals surface area contributed by atoms with E-state index in [1.807, 2.05) is 12.1 Å². The first kappa shape index (κ1) is 16.6. The maximum absolute atomic E-state index is 12.3. The van der Waals surface area contributed by atoms with Crippen LogP contribution >= 0.6 is 0 Å². The molecule has 0 aliphatic heterocycles. The minimum atomic E-state index is -1.01. The fourth-order valence-corrected chi connectivity index (χ4v) is 2.57. The second kappa shape index (κ2) is 7.12. The molecule has 7 nitrogen and oxygen atoms in total. The summed E-state index contributed by atoms with van der Waals surface area (Å²) in [5.41, 5.74) is 2.36. The van der Waals surface area contributed by atoms with E-state index in [1.54, 1.807) is 36.4 Å². The molecule has 0 unspecified atom stereocenters. The Morgan fingerprint density at radius 1 is 1.04 bits per heavy atom. The zero-order chi connectivity index (χ0) is 17.8. The average Bonchev–Trinajstić information content (AvgIpc) is 3.06. The monoisotopic (exact) mass is 338 g/mol. The molecule has 0 bridgehead atoms. The van der Waals surface area contributed by atoms with E-state index in [9.17, 15) is 9.59 Å². The Bertz CT molecular complexity index is 898. The van der Waals surface area contributed by atoms with Gasteiger partial charge in [-0.3, -0.25) is 4.79 Å². The van der Waals surface area contributed by atoms with E-state index in [-0.39, 0.29) is 5.56 Å². The minimum Gasteiger partial charge on any atom is -0.372 e. The van der Waals surface area contributed by atoms with Crippen molar-refractivity contribution >= 4 is 28.5 Å². The zero-order valence-electron chi connectivity index (χ0n) is 14.0. The van der Waals surface area contributed by atoms with Gasteiger partial charge in [-0.15, -0.1) is 5.10 Å². The third-order valence-corrected chi connectivity index (χ3v) is 3.93. The summed E-state index contributed by atoms with van der Waals surface area (Å²) in [5, 5.41) is 7.61. The van der Waals surface area contributed by atoms with Crippen molar-refractivity contribution in [1.82, 2.24) is 15.2 Å². The van der Waals surface area contributed by atoms with Gasteiger partial charge >= 0.3 is 5.97 Å². The number of hydrogen-bond donors (Lipinski definition) is 0. The highest BCUT2D eigenvalue weighted by molar-refractivity contribution is 6.40. The zero-order valence-corrected chi connectivity index (χ0v) is 14.0. The highest BCUT2D eigenvalue weighted by Crippen LogP contribution is 2.15. The summed E-state index contributed by atoms with van der Waals surface area (Å²) in [4.78, 5) is 32.5. The maximum Gasteiger partial charge on any atom is 0.405 e. The summed E-state index contributed by atoms with van der Waals surface area (Å²) in [6.45, 7) is 5.85. The Kier molecular flexibility index (Phi) is 4.74. The number of aromatic nitrogens is 3. The number of nitrogens with zero attached hydrogens (tertiary/aromatic N) is 4. The van der Waals surface area contributed by atoms with Gasteiger partial charge in [0.2, 0.25) is 0 Å². The van der Waals surface area contributed by atoms with Crippen LogP contribution in [0, 0.1) is 0 Å². The van der Waals surface area contributed by atoms with Crippen LogP contribution in [0.3, 0.4) is 0 Å². The molecule has 0 radical (unpaired) electrons. The third-order valence-electron chi connectivity index (χ3n) is 3.93. The van der Waals surface area contributed by atoms with E-state index < -0.39 is 11.8 Å². The molecule has 0 fully saturated rings. The first-order chi connectivity index (χ1) is 12.1. The lowest BCUT2D eigenvalue weighted by atomic mass is 10.1. The number of carbonyl (C=O) groups is 2. The van der Waals surface area contributed by atoms with E-state index in [0.717, 1.165) is 23.6 Å². The van der Waals surface area contributed by atoms with Gasteiger partial charge in [-0.1, -0.05) is 17.0 Å². The Hall–Kier alpha value is -3.22. The van der Waals surface area contributed by atoms with E-state index in [1.165, 1.54) is 0 Å².